The number of hydrogen-bond acceptors (Lipinski definition) is 0. The highest BCUT2D eigenvalue weighted by atomic mass is 35.5. The first kappa shape index (κ1) is 8.13. The van der Waals surface area contributed by atoms with Gasteiger partial charge in [-0.3, -0.25) is 0 Å². The van der Waals surface area contributed by atoms with E-state index in [1.54, 1.807) is 12.1 Å². The Morgan fingerprint density at radius 1 is 0.850 bits per heavy atom. The molecular formula is C18H12ClN. The van der Waals surface area contributed by atoms with Gasteiger partial charge in [0.2, 0.25) is 0 Å². The fourth-order valence-electron chi connectivity index (χ4n) is 2.54. The van der Waals surface area contributed by atoms with Crippen LogP contribution >= 0.6 is 11.6 Å². The van der Waals surface area contributed by atoms with Crippen molar-refractivity contribution < 1.29 is 5.48 Å². The third kappa shape index (κ3) is 1.64. The number of fused-ring (bicyclic) bond motifs is 3. The van der Waals surface area contributed by atoms with Crippen LogP contribution in [0.4, 0.5) is 0 Å². The number of nitrogens with zero attached hydrogens (tertiary/aromatic N) is 1. The van der Waals surface area contributed by atoms with E-state index in [0.29, 0.717) is 21.3 Å². The maximum atomic E-state index is 8.36. The van der Waals surface area contributed by atoms with Crippen molar-refractivity contribution in [2.45, 2.75) is 0 Å². The Morgan fingerprint density at radius 3 is 2.50 bits per heavy atom. The Hall–Kier alpha value is -2.25. The van der Waals surface area contributed by atoms with Crippen LogP contribution in [0.15, 0.2) is 72.7 Å². The molecule has 1 aromatic heterocycles. The van der Waals surface area contributed by atoms with Gasteiger partial charge in [-0.15, -0.1) is 0 Å². The zero-order valence-corrected chi connectivity index (χ0v) is 11.2. The molecule has 4 rings (SSSR count). The van der Waals surface area contributed by atoms with E-state index in [9.17, 15) is 0 Å². The van der Waals surface area contributed by atoms with E-state index in [0.717, 1.165) is 11.2 Å². The van der Waals surface area contributed by atoms with Gasteiger partial charge >= 0.3 is 0 Å². The molecule has 0 aliphatic carbocycles. The van der Waals surface area contributed by atoms with Crippen molar-refractivity contribution in [2.24, 2.45) is 0 Å². The van der Waals surface area contributed by atoms with Gasteiger partial charge < -0.3 is 4.57 Å². The van der Waals surface area contributed by atoms with Crippen molar-refractivity contribution in [3.8, 4) is 5.69 Å². The van der Waals surface area contributed by atoms with Gasteiger partial charge in [0.1, 0.15) is 0 Å². The average molecular weight is 282 g/mol. The molecule has 0 radical (unpaired) electrons. The van der Waals surface area contributed by atoms with Crippen LogP contribution in [0.3, 0.4) is 0 Å². The average Bonchev–Trinajstić information content (AvgIpc) is 2.93. The lowest BCUT2D eigenvalue weighted by molar-refractivity contribution is 1.18. The molecule has 2 heteroatoms. The van der Waals surface area contributed by atoms with Crippen molar-refractivity contribution in [3.05, 3.63) is 77.7 Å². The van der Waals surface area contributed by atoms with Crippen molar-refractivity contribution >= 4 is 33.4 Å². The molecule has 0 unspecified atom stereocenters. The normalized spacial score (nSPS) is 14.1. The van der Waals surface area contributed by atoms with Gasteiger partial charge in [0.15, 0.2) is 0 Å². The molecule has 96 valence electrons. The van der Waals surface area contributed by atoms with Gasteiger partial charge in [0, 0.05) is 21.5 Å². The Kier molecular flexibility index (Phi) is 1.79. The van der Waals surface area contributed by atoms with E-state index in [1.165, 1.54) is 0 Å². The van der Waals surface area contributed by atoms with Gasteiger partial charge in [0.25, 0.3) is 0 Å². The fourth-order valence-corrected chi connectivity index (χ4v) is 2.71. The first-order valence-corrected chi connectivity index (χ1v) is 6.64. The quantitative estimate of drug-likeness (QED) is 0.438. The number of para-hydroxylation sites is 2. The number of benzene rings is 3. The largest absolute Gasteiger partial charge is 0.309 e. The Morgan fingerprint density at radius 2 is 1.65 bits per heavy atom. The van der Waals surface area contributed by atoms with Crippen LogP contribution in [-0.2, 0) is 0 Å². The zero-order chi connectivity index (χ0) is 17.0. The molecule has 0 spiro atoms. The van der Waals surface area contributed by atoms with Gasteiger partial charge in [-0.1, -0.05) is 47.9 Å². The van der Waals surface area contributed by atoms with Crippen LogP contribution in [0.25, 0.3) is 27.5 Å². The standard InChI is InChI=1S/C18H12ClN/c19-13-10-11-18-16(12-13)15-8-4-5-9-17(15)20(18)14-6-2-1-3-7-14/h1-12H/i4D,5D,8D,9D. The minimum absolute atomic E-state index is 0.0482. The summed E-state index contributed by atoms with van der Waals surface area (Å²) in [5.74, 6) is 0. The summed E-state index contributed by atoms with van der Waals surface area (Å²) in [4.78, 5) is 0. The van der Waals surface area contributed by atoms with E-state index >= 15 is 0 Å². The predicted octanol–water partition coefficient (Wildman–Crippen LogP) is 5.44. The third-order valence-corrected chi connectivity index (χ3v) is 3.61. The summed E-state index contributed by atoms with van der Waals surface area (Å²) < 4.78 is 34.5. The van der Waals surface area contributed by atoms with E-state index in [1.807, 2.05) is 41.0 Å². The highest BCUT2D eigenvalue weighted by Crippen LogP contribution is 2.33. The maximum absolute atomic E-state index is 8.36. The second-order valence-electron chi connectivity index (χ2n) is 4.56. The molecule has 0 amide bonds. The lowest BCUT2D eigenvalue weighted by Crippen LogP contribution is -1.92. The maximum Gasteiger partial charge on any atom is 0.0645 e. The fraction of sp³-hybridized carbons (Fsp3) is 0. The summed E-state index contributed by atoms with van der Waals surface area (Å²) in [5.41, 5.74) is 2.10. The van der Waals surface area contributed by atoms with Crippen LogP contribution in [-0.4, -0.2) is 4.57 Å². The van der Waals surface area contributed by atoms with Crippen molar-refractivity contribution in [2.75, 3.05) is 0 Å². The Bertz CT molecular complexity index is 1100. The SMILES string of the molecule is [2H]c1c([2H])c([2H])c2c(c1[2H])c1cc(Cl)ccc1n2-c1ccccc1. The topological polar surface area (TPSA) is 4.93 Å². The summed E-state index contributed by atoms with van der Waals surface area (Å²) >= 11 is 6.14. The molecule has 20 heavy (non-hydrogen) atoms. The lowest BCUT2D eigenvalue weighted by Gasteiger charge is -2.07. The number of halogens is 1. The number of hydrogen-bond donors (Lipinski definition) is 0. The van der Waals surface area contributed by atoms with E-state index in [4.69, 9.17) is 17.1 Å². The molecule has 4 aromatic rings. The van der Waals surface area contributed by atoms with Crippen molar-refractivity contribution in [3.63, 3.8) is 0 Å². The summed E-state index contributed by atoms with van der Waals surface area (Å²) in [6, 6.07) is 14.3. The minimum Gasteiger partial charge on any atom is -0.309 e. The van der Waals surface area contributed by atoms with Gasteiger partial charge in [0.05, 0.1) is 16.5 Å². The number of rotatable bonds is 1. The zero-order valence-electron chi connectivity index (χ0n) is 14.4. The first-order chi connectivity index (χ1) is 11.5. The summed E-state index contributed by atoms with van der Waals surface area (Å²) in [5, 5.41) is 1.73. The Balaban J connectivity index is 2.34. The van der Waals surface area contributed by atoms with Crippen molar-refractivity contribution in [1.82, 2.24) is 4.57 Å². The van der Waals surface area contributed by atoms with Gasteiger partial charge in [-0.05, 0) is 36.4 Å². The molecule has 0 saturated carbocycles. The smallest absolute Gasteiger partial charge is 0.0645 e. The number of aromatic nitrogens is 1. The first-order valence-electron chi connectivity index (χ1n) is 8.26. The Labute approximate surface area is 127 Å². The molecule has 0 atom stereocenters. The molecule has 1 heterocycles. The molecule has 0 bridgehead atoms. The molecule has 3 aromatic carbocycles. The molecule has 1 nitrogen and oxygen atoms in total. The van der Waals surface area contributed by atoms with E-state index in [2.05, 4.69) is 0 Å². The summed E-state index contributed by atoms with van der Waals surface area (Å²) in [6.07, 6.45) is 0. The van der Waals surface area contributed by atoms with Gasteiger partial charge in [-0.2, -0.15) is 0 Å². The third-order valence-electron chi connectivity index (χ3n) is 3.37. The van der Waals surface area contributed by atoms with Crippen molar-refractivity contribution in [1.29, 1.82) is 0 Å². The summed E-state index contributed by atoms with van der Waals surface area (Å²) in [6.45, 7) is 0. The van der Waals surface area contributed by atoms with Crippen LogP contribution in [0, 0.1) is 0 Å². The molecule has 0 fully saturated rings. The second kappa shape index (κ2) is 4.39. The molecule has 0 aliphatic heterocycles. The lowest BCUT2D eigenvalue weighted by atomic mass is 10.2. The second-order valence-corrected chi connectivity index (χ2v) is 4.99. The molecule has 0 aliphatic rings. The van der Waals surface area contributed by atoms with Crippen LogP contribution in [0.5, 0.6) is 0 Å². The molecule has 0 saturated heterocycles. The van der Waals surface area contributed by atoms with E-state index < -0.39 is 0 Å². The predicted molar refractivity (Wildman–Crippen MR) is 85.8 cm³/mol. The molecular weight excluding hydrogens is 266 g/mol. The minimum atomic E-state index is -0.237. The monoisotopic (exact) mass is 281 g/mol. The highest BCUT2D eigenvalue weighted by molar-refractivity contribution is 6.31. The van der Waals surface area contributed by atoms with Crippen LogP contribution in [0.2, 0.25) is 5.02 Å². The van der Waals surface area contributed by atoms with Crippen LogP contribution < -0.4 is 0 Å². The summed E-state index contributed by atoms with van der Waals surface area (Å²) in [7, 11) is 0. The highest BCUT2D eigenvalue weighted by Gasteiger charge is 2.11. The van der Waals surface area contributed by atoms with Gasteiger partial charge in [-0.25, -0.2) is 0 Å². The molecule has 0 N–H and O–H groups in total. The van der Waals surface area contributed by atoms with Crippen LogP contribution in [0.1, 0.15) is 5.48 Å². The van der Waals surface area contributed by atoms with E-state index in [-0.39, 0.29) is 24.2 Å².